The SMILES string of the molecule is CC(C)(C)NCCCCCN1CCSCC1S(C)(=O)=O. The average molecular weight is 323 g/mol. The topological polar surface area (TPSA) is 49.4 Å². The highest BCUT2D eigenvalue weighted by atomic mass is 32.2. The van der Waals surface area contributed by atoms with E-state index in [1.165, 1.54) is 6.26 Å². The van der Waals surface area contributed by atoms with E-state index in [4.69, 9.17) is 0 Å². The quantitative estimate of drug-likeness (QED) is 0.726. The first kappa shape index (κ1) is 18.3. The summed E-state index contributed by atoms with van der Waals surface area (Å²) in [6.07, 6.45) is 4.76. The number of sulfone groups is 1. The zero-order chi connectivity index (χ0) is 15.2. The van der Waals surface area contributed by atoms with Crippen molar-refractivity contribution < 1.29 is 8.42 Å². The summed E-state index contributed by atoms with van der Waals surface area (Å²) in [5.41, 5.74) is 0.186. The van der Waals surface area contributed by atoms with Gasteiger partial charge >= 0.3 is 0 Å². The van der Waals surface area contributed by atoms with Crippen LogP contribution in [0, 0.1) is 0 Å². The van der Waals surface area contributed by atoms with Crippen molar-refractivity contribution in [3.63, 3.8) is 0 Å². The van der Waals surface area contributed by atoms with Gasteiger partial charge in [0.2, 0.25) is 0 Å². The predicted octanol–water partition coefficient (Wildman–Crippen LogP) is 1.96. The molecule has 0 aromatic carbocycles. The lowest BCUT2D eigenvalue weighted by Gasteiger charge is -2.34. The Morgan fingerprint density at radius 3 is 2.55 bits per heavy atom. The molecule has 0 aliphatic carbocycles. The highest BCUT2D eigenvalue weighted by Crippen LogP contribution is 2.20. The lowest BCUT2D eigenvalue weighted by atomic mass is 10.1. The molecular formula is C14H30N2O2S2. The van der Waals surface area contributed by atoms with Gasteiger partial charge in [-0.15, -0.1) is 0 Å². The van der Waals surface area contributed by atoms with Gasteiger partial charge in [-0.1, -0.05) is 6.42 Å². The Morgan fingerprint density at radius 1 is 1.25 bits per heavy atom. The minimum Gasteiger partial charge on any atom is -0.312 e. The van der Waals surface area contributed by atoms with Crippen molar-refractivity contribution in [1.29, 1.82) is 0 Å². The molecule has 1 rings (SSSR count). The number of thioether (sulfide) groups is 1. The zero-order valence-electron chi connectivity index (χ0n) is 13.3. The third kappa shape index (κ3) is 7.29. The maximum Gasteiger partial charge on any atom is 0.164 e. The highest BCUT2D eigenvalue weighted by molar-refractivity contribution is 8.00. The second-order valence-electron chi connectivity index (χ2n) is 6.63. The zero-order valence-corrected chi connectivity index (χ0v) is 14.9. The van der Waals surface area contributed by atoms with Crippen LogP contribution in [0.4, 0.5) is 0 Å². The van der Waals surface area contributed by atoms with Crippen molar-refractivity contribution in [1.82, 2.24) is 10.2 Å². The fourth-order valence-corrected chi connectivity index (χ4v) is 5.32. The molecule has 0 saturated carbocycles. The predicted molar refractivity (Wildman–Crippen MR) is 89.1 cm³/mol. The largest absolute Gasteiger partial charge is 0.312 e. The van der Waals surface area contributed by atoms with Crippen LogP contribution in [0.15, 0.2) is 0 Å². The summed E-state index contributed by atoms with van der Waals surface area (Å²) in [5.74, 6) is 1.78. The van der Waals surface area contributed by atoms with Gasteiger partial charge in [0.1, 0.15) is 5.37 Å². The molecule has 1 atom stereocenters. The molecule has 6 heteroatoms. The van der Waals surface area contributed by atoms with Crippen LogP contribution in [0.2, 0.25) is 0 Å². The van der Waals surface area contributed by atoms with E-state index < -0.39 is 9.84 Å². The summed E-state index contributed by atoms with van der Waals surface area (Å²) >= 11 is 1.75. The number of unbranched alkanes of at least 4 members (excludes halogenated alkanes) is 2. The summed E-state index contributed by atoms with van der Waals surface area (Å²) in [4.78, 5) is 2.16. The van der Waals surface area contributed by atoms with Gasteiger partial charge < -0.3 is 5.32 Å². The summed E-state index contributed by atoms with van der Waals surface area (Å²) in [6, 6.07) is 0. The first-order valence-corrected chi connectivity index (χ1v) is 10.6. The molecule has 1 aliphatic heterocycles. The molecule has 1 saturated heterocycles. The lowest BCUT2D eigenvalue weighted by molar-refractivity contribution is 0.263. The minimum absolute atomic E-state index is 0.186. The first-order chi connectivity index (χ1) is 9.20. The van der Waals surface area contributed by atoms with E-state index in [9.17, 15) is 8.42 Å². The van der Waals surface area contributed by atoms with Crippen LogP contribution >= 0.6 is 11.8 Å². The van der Waals surface area contributed by atoms with Gasteiger partial charge in [0.05, 0.1) is 0 Å². The van der Waals surface area contributed by atoms with E-state index in [1.807, 2.05) is 0 Å². The maximum atomic E-state index is 11.8. The molecule has 1 unspecified atom stereocenters. The number of nitrogens with one attached hydrogen (secondary N) is 1. The van der Waals surface area contributed by atoms with Crippen LogP contribution in [-0.2, 0) is 9.84 Å². The summed E-state index contributed by atoms with van der Waals surface area (Å²) in [7, 11) is -2.95. The smallest absolute Gasteiger partial charge is 0.164 e. The third-order valence-corrected chi connectivity index (χ3v) is 6.15. The van der Waals surface area contributed by atoms with E-state index in [0.717, 1.165) is 50.4 Å². The van der Waals surface area contributed by atoms with Crippen molar-refractivity contribution >= 4 is 21.6 Å². The van der Waals surface area contributed by atoms with E-state index in [2.05, 4.69) is 31.0 Å². The Morgan fingerprint density at radius 2 is 1.95 bits per heavy atom. The third-order valence-electron chi connectivity index (χ3n) is 3.46. The minimum atomic E-state index is -2.95. The van der Waals surface area contributed by atoms with Crippen LogP contribution in [-0.4, -0.2) is 61.6 Å². The molecule has 1 aliphatic rings. The molecule has 20 heavy (non-hydrogen) atoms. The van der Waals surface area contributed by atoms with Gasteiger partial charge in [0, 0.05) is 29.8 Å². The van der Waals surface area contributed by atoms with Gasteiger partial charge in [-0.05, 0) is 46.7 Å². The standard InChI is InChI=1S/C14H30N2O2S2/c1-14(2,3)15-8-6-5-7-9-16-10-11-19-12-13(16)20(4,17)18/h13,15H,5-12H2,1-4H3. The Bertz CT molecular complexity index is 377. The fourth-order valence-electron chi connectivity index (χ4n) is 2.35. The van der Waals surface area contributed by atoms with Gasteiger partial charge in [-0.3, -0.25) is 4.90 Å². The normalized spacial score (nSPS) is 22.1. The molecule has 0 spiro atoms. The second kappa shape index (κ2) is 8.01. The van der Waals surface area contributed by atoms with Gasteiger partial charge in [-0.25, -0.2) is 8.42 Å². The number of rotatable bonds is 7. The molecule has 1 fully saturated rings. The Labute approximate surface area is 129 Å². The fraction of sp³-hybridized carbons (Fsp3) is 1.00. The number of hydrogen-bond acceptors (Lipinski definition) is 5. The van der Waals surface area contributed by atoms with Gasteiger partial charge in [-0.2, -0.15) is 11.8 Å². The van der Waals surface area contributed by atoms with Crippen LogP contribution in [0.1, 0.15) is 40.0 Å². The van der Waals surface area contributed by atoms with Crippen molar-refractivity contribution in [3.8, 4) is 0 Å². The van der Waals surface area contributed by atoms with E-state index in [-0.39, 0.29) is 10.9 Å². The molecule has 4 nitrogen and oxygen atoms in total. The van der Waals surface area contributed by atoms with E-state index in [0.29, 0.717) is 0 Å². The molecule has 0 radical (unpaired) electrons. The molecule has 1 N–H and O–H groups in total. The van der Waals surface area contributed by atoms with Crippen molar-refractivity contribution in [2.75, 3.05) is 37.4 Å². The number of nitrogens with zero attached hydrogens (tertiary/aromatic N) is 1. The van der Waals surface area contributed by atoms with Crippen molar-refractivity contribution in [2.24, 2.45) is 0 Å². The van der Waals surface area contributed by atoms with Gasteiger partial charge in [0.25, 0.3) is 0 Å². The van der Waals surface area contributed by atoms with Crippen LogP contribution in [0.3, 0.4) is 0 Å². The molecule has 0 amide bonds. The average Bonchev–Trinajstić information content (AvgIpc) is 2.31. The lowest BCUT2D eigenvalue weighted by Crippen LogP contribution is -2.47. The van der Waals surface area contributed by atoms with Crippen molar-refractivity contribution in [3.05, 3.63) is 0 Å². The molecule has 0 bridgehead atoms. The van der Waals surface area contributed by atoms with Crippen LogP contribution in [0.25, 0.3) is 0 Å². The summed E-state index contributed by atoms with van der Waals surface area (Å²) < 4.78 is 23.6. The molecular weight excluding hydrogens is 292 g/mol. The van der Waals surface area contributed by atoms with Gasteiger partial charge in [0.15, 0.2) is 9.84 Å². The monoisotopic (exact) mass is 322 g/mol. The molecule has 1 heterocycles. The van der Waals surface area contributed by atoms with Crippen LogP contribution < -0.4 is 5.32 Å². The molecule has 0 aromatic heterocycles. The van der Waals surface area contributed by atoms with Crippen LogP contribution in [0.5, 0.6) is 0 Å². The van der Waals surface area contributed by atoms with E-state index in [1.54, 1.807) is 11.8 Å². The number of hydrogen-bond donors (Lipinski definition) is 1. The Hall–Kier alpha value is 0.220. The molecule has 0 aromatic rings. The maximum absolute atomic E-state index is 11.8. The summed E-state index contributed by atoms with van der Waals surface area (Å²) in [6.45, 7) is 9.38. The Balaban J connectivity index is 2.23. The Kier molecular flexibility index (Phi) is 7.32. The highest BCUT2D eigenvalue weighted by Gasteiger charge is 2.30. The first-order valence-electron chi connectivity index (χ1n) is 7.46. The summed E-state index contributed by atoms with van der Waals surface area (Å²) in [5, 5.41) is 3.21. The molecule has 120 valence electrons. The van der Waals surface area contributed by atoms with Crippen molar-refractivity contribution in [2.45, 2.75) is 50.9 Å². The second-order valence-corrected chi connectivity index (χ2v) is 9.99. The van der Waals surface area contributed by atoms with E-state index >= 15 is 0 Å².